The highest BCUT2D eigenvalue weighted by Gasteiger charge is 2.32. The lowest BCUT2D eigenvalue weighted by molar-refractivity contribution is -0.121. The van der Waals surface area contributed by atoms with Gasteiger partial charge in [-0.25, -0.2) is 0 Å². The largest absolute Gasteiger partial charge is 0.384 e. The average molecular weight is 296 g/mol. The zero-order chi connectivity index (χ0) is 14.3. The molecule has 0 spiro atoms. The Morgan fingerprint density at radius 3 is 2.95 bits per heavy atom. The van der Waals surface area contributed by atoms with Crippen LogP contribution in [0.4, 0.5) is 0 Å². The van der Waals surface area contributed by atoms with Crippen LogP contribution >= 0.6 is 11.3 Å². The number of piperidine rings is 1. The number of carbonyl (C=O) groups excluding carboxylic acids is 1. The standard InChI is InChI=1S/C15H24N2O2S/c1-19-12-15(6-8-16-9-7-15)11-17-14(18)5-4-13-3-2-10-20-13/h2-3,10,16H,4-9,11-12H2,1H3,(H,17,18). The maximum absolute atomic E-state index is 12.0. The van der Waals surface area contributed by atoms with E-state index in [1.807, 2.05) is 6.07 Å². The number of ether oxygens (including phenoxy) is 1. The van der Waals surface area contributed by atoms with Gasteiger partial charge < -0.3 is 15.4 Å². The van der Waals surface area contributed by atoms with E-state index in [2.05, 4.69) is 22.1 Å². The van der Waals surface area contributed by atoms with Crippen LogP contribution in [0, 0.1) is 5.41 Å². The van der Waals surface area contributed by atoms with Crippen molar-refractivity contribution in [3.8, 4) is 0 Å². The van der Waals surface area contributed by atoms with E-state index >= 15 is 0 Å². The van der Waals surface area contributed by atoms with Gasteiger partial charge in [0.05, 0.1) is 6.61 Å². The van der Waals surface area contributed by atoms with Crippen LogP contribution < -0.4 is 10.6 Å². The molecule has 1 aromatic rings. The SMILES string of the molecule is COCC1(CNC(=O)CCc2cccs2)CCNCC1. The predicted molar refractivity (Wildman–Crippen MR) is 82.1 cm³/mol. The van der Waals surface area contributed by atoms with Gasteiger partial charge in [0.15, 0.2) is 0 Å². The summed E-state index contributed by atoms with van der Waals surface area (Å²) in [4.78, 5) is 13.2. The molecule has 1 amide bonds. The summed E-state index contributed by atoms with van der Waals surface area (Å²) < 4.78 is 5.36. The van der Waals surface area contributed by atoms with Gasteiger partial charge in [-0.2, -0.15) is 0 Å². The fraction of sp³-hybridized carbons (Fsp3) is 0.667. The van der Waals surface area contributed by atoms with E-state index in [9.17, 15) is 4.79 Å². The molecule has 0 radical (unpaired) electrons. The van der Waals surface area contributed by atoms with Crippen molar-refractivity contribution in [1.29, 1.82) is 0 Å². The van der Waals surface area contributed by atoms with Gasteiger partial charge >= 0.3 is 0 Å². The minimum atomic E-state index is 0.110. The molecule has 1 aliphatic rings. The molecule has 0 unspecified atom stereocenters. The summed E-state index contributed by atoms with van der Waals surface area (Å²) in [6.07, 6.45) is 3.53. The molecule has 1 saturated heterocycles. The highest BCUT2D eigenvalue weighted by molar-refractivity contribution is 7.09. The number of amides is 1. The van der Waals surface area contributed by atoms with Crippen LogP contribution in [0.2, 0.25) is 0 Å². The van der Waals surface area contributed by atoms with Gasteiger partial charge in [0.1, 0.15) is 0 Å². The van der Waals surface area contributed by atoms with Crippen molar-refractivity contribution in [2.45, 2.75) is 25.7 Å². The van der Waals surface area contributed by atoms with Crippen LogP contribution in [0.3, 0.4) is 0 Å². The van der Waals surface area contributed by atoms with Crippen molar-refractivity contribution in [2.24, 2.45) is 5.41 Å². The van der Waals surface area contributed by atoms with Crippen LogP contribution in [0.5, 0.6) is 0 Å². The highest BCUT2D eigenvalue weighted by atomic mass is 32.1. The lowest BCUT2D eigenvalue weighted by Gasteiger charge is -2.37. The quantitative estimate of drug-likeness (QED) is 0.807. The summed E-state index contributed by atoms with van der Waals surface area (Å²) in [5.74, 6) is 0.146. The van der Waals surface area contributed by atoms with Gasteiger partial charge in [0.2, 0.25) is 5.91 Å². The number of rotatable bonds is 7. The van der Waals surface area contributed by atoms with Gasteiger partial charge in [0, 0.05) is 30.4 Å². The van der Waals surface area contributed by atoms with E-state index in [1.54, 1.807) is 18.4 Å². The minimum Gasteiger partial charge on any atom is -0.384 e. The Balaban J connectivity index is 1.75. The second-order valence-corrected chi connectivity index (χ2v) is 6.57. The first-order chi connectivity index (χ1) is 9.74. The molecule has 1 aliphatic heterocycles. The number of aryl methyl sites for hydroxylation is 1. The van der Waals surface area contributed by atoms with Gasteiger partial charge in [0.25, 0.3) is 0 Å². The van der Waals surface area contributed by atoms with E-state index < -0.39 is 0 Å². The maximum atomic E-state index is 12.0. The molecule has 1 aromatic heterocycles. The Labute approximate surface area is 124 Å². The monoisotopic (exact) mass is 296 g/mol. The fourth-order valence-corrected chi connectivity index (χ4v) is 3.41. The lowest BCUT2D eigenvalue weighted by Crippen LogP contribution is -2.47. The second-order valence-electron chi connectivity index (χ2n) is 5.54. The van der Waals surface area contributed by atoms with Crippen LogP contribution in [0.15, 0.2) is 17.5 Å². The Kier molecular flexibility index (Phi) is 6.01. The van der Waals surface area contributed by atoms with Crippen LogP contribution in [-0.2, 0) is 16.0 Å². The molecule has 0 aromatic carbocycles. The van der Waals surface area contributed by atoms with E-state index in [-0.39, 0.29) is 11.3 Å². The molecule has 1 fully saturated rings. The molecule has 2 heterocycles. The van der Waals surface area contributed by atoms with Crippen LogP contribution in [0.1, 0.15) is 24.1 Å². The number of hydrogen-bond donors (Lipinski definition) is 2. The van der Waals surface area contributed by atoms with Gasteiger partial charge in [-0.1, -0.05) is 6.07 Å². The fourth-order valence-electron chi connectivity index (χ4n) is 2.70. The summed E-state index contributed by atoms with van der Waals surface area (Å²) >= 11 is 1.71. The van der Waals surface area contributed by atoms with Crippen molar-refractivity contribution in [2.75, 3.05) is 33.4 Å². The Bertz CT molecular complexity index is 395. The molecule has 0 aliphatic carbocycles. The van der Waals surface area contributed by atoms with Gasteiger partial charge in [-0.3, -0.25) is 4.79 Å². The highest BCUT2D eigenvalue weighted by Crippen LogP contribution is 2.28. The molecule has 0 bridgehead atoms. The number of hydrogen-bond acceptors (Lipinski definition) is 4. The maximum Gasteiger partial charge on any atom is 0.220 e. The molecular weight excluding hydrogens is 272 g/mol. The second kappa shape index (κ2) is 7.76. The first kappa shape index (κ1) is 15.5. The van der Waals surface area contributed by atoms with Crippen molar-refractivity contribution in [3.63, 3.8) is 0 Å². The van der Waals surface area contributed by atoms with E-state index in [4.69, 9.17) is 4.74 Å². The van der Waals surface area contributed by atoms with Crippen molar-refractivity contribution < 1.29 is 9.53 Å². The van der Waals surface area contributed by atoms with Gasteiger partial charge in [-0.15, -0.1) is 11.3 Å². The molecule has 2 rings (SSSR count). The normalized spacial score (nSPS) is 17.9. The third-order valence-electron chi connectivity index (χ3n) is 3.95. The predicted octanol–water partition coefficient (Wildman–Crippen LogP) is 1.81. The molecule has 2 N–H and O–H groups in total. The summed E-state index contributed by atoms with van der Waals surface area (Å²) in [6.45, 7) is 3.47. The molecule has 20 heavy (non-hydrogen) atoms. The number of carbonyl (C=O) groups is 1. The Morgan fingerprint density at radius 1 is 1.50 bits per heavy atom. The van der Waals surface area contributed by atoms with E-state index in [0.29, 0.717) is 6.42 Å². The van der Waals surface area contributed by atoms with Crippen LogP contribution in [-0.4, -0.2) is 39.3 Å². The smallest absolute Gasteiger partial charge is 0.220 e. The van der Waals surface area contributed by atoms with Gasteiger partial charge in [-0.05, 0) is 43.8 Å². The Morgan fingerprint density at radius 2 is 2.30 bits per heavy atom. The van der Waals surface area contributed by atoms with E-state index in [1.165, 1.54) is 4.88 Å². The summed E-state index contributed by atoms with van der Waals surface area (Å²) in [5, 5.41) is 8.51. The number of methoxy groups -OCH3 is 1. The first-order valence-corrected chi connectivity index (χ1v) is 8.11. The molecule has 0 atom stereocenters. The molecule has 4 nitrogen and oxygen atoms in total. The number of nitrogens with one attached hydrogen (secondary N) is 2. The topological polar surface area (TPSA) is 50.4 Å². The van der Waals surface area contributed by atoms with E-state index in [0.717, 1.165) is 45.5 Å². The third kappa shape index (κ3) is 4.58. The summed E-state index contributed by atoms with van der Waals surface area (Å²) in [7, 11) is 1.74. The summed E-state index contributed by atoms with van der Waals surface area (Å²) in [5.41, 5.74) is 0.110. The molecule has 5 heteroatoms. The first-order valence-electron chi connectivity index (χ1n) is 7.23. The zero-order valence-electron chi connectivity index (χ0n) is 12.1. The molecule has 112 valence electrons. The lowest BCUT2D eigenvalue weighted by atomic mass is 9.79. The van der Waals surface area contributed by atoms with Crippen molar-refractivity contribution in [3.05, 3.63) is 22.4 Å². The average Bonchev–Trinajstić information content (AvgIpc) is 2.98. The minimum absolute atomic E-state index is 0.110. The Hall–Kier alpha value is -0.910. The van der Waals surface area contributed by atoms with Crippen LogP contribution in [0.25, 0.3) is 0 Å². The van der Waals surface area contributed by atoms with Crippen molar-refractivity contribution in [1.82, 2.24) is 10.6 Å². The molecular formula is C15H24N2O2S. The number of thiophene rings is 1. The van der Waals surface area contributed by atoms with Crippen molar-refractivity contribution >= 4 is 17.2 Å². The zero-order valence-corrected chi connectivity index (χ0v) is 12.9. The third-order valence-corrected chi connectivity index (χ3v) is 4.89. The summed E-state index contributed by atoms with van der Waals surface area (Å²) in [6, 6.07) is 4.11. The molecule has 0 saturated carbocycles.